The fourth-order valence-electron chi connectivity index (χ4n) is 3.00. The van der Waals surface area contributed by atoms with Crippen LogP contribution in [0.5, 0.6) is 0 Å². The molecule has 150 valence electrons. The predicted molar refractivity (Wildman–Crippen MR) is 110 cm³/mol. The normalized spacial score (nSPS) is 15.4. The van der Waals surface area contributed by atoms with Crippen molar-refractivity contribution in [3.8, 4) is 0 Å². The average Bonchev–Trinajstić information content (AvgIpc) is 2.74. The summed E-state index contributed by atoms with van der Waals surface area (Å²) in [7, 11) is -1.81. The predicted octanol–water partition coefficient (Wildman–Crippen LogP) is 2.70. The fourth-order valence-corrected chi connectivity index (χ4v) is 4.82. The molecule has 1 aliphatic rings. The molecular formula is C20H24N2O4S2. The van der Waals surface area contributed by atoms with Crippen molar-refractivity contribution in [3.63, 3.8) is 0 Å². The summed E-state index contributed by atoms with van der Waals surface area (Å²) in [6.07, 6.45) is 2.02. The van der Waals surface area contributed by atoms with E-state index < -0.39 is 10.0 Å². The molecule has 1 heterocycles. The maximum absolute atomic E-state index is 12.7. The molecule has 1 saturated heterocycles. The van der Waals surface area contributed by atoms with Gasteiger partial charge in [-0.25, -0.2) is 8.42 Å². The molecule has 1 fully saturated rings. The zero-order valence-corrected chi connectivity index (χ0v) is 17.6. The summed E-state index contributed by atoms with van der Waals surface area (Å²) in [6, 6.07) is 14.2. The van der Waals surface area contributed by atoms with Gasteiger partial charge in [0.15, 0.2) is 0 Å². The number of rotatable bonds is 6. The van der Waals surface area contributed by atoms with Crippen LogP contribution in [0.4, 0.5) is 0 Å². The van der Waals surface area contributed by atoms with Gasteiger partial charge in [0.05, 0.1) is 18.1 Å². The molecule has 0 radical (unpaired) electrons. The highest BCUT2D eigenvalue weighted by atomic mass is 32.2. The number of morpholine rings is 1. The molecule has 0 aromatic heterocycles. The number of carbonyl (C=O) groups excluding carboxylic acids is 1. The number of hydrogen-bond acceptors (Lipinski definition) is 5. The van der Waals surface area contributed by atoms with Gasteiger partial charge in [-0.1, -0.05) is 12.1 Å². The van der Waals surface area contributed by atoms with Crippen molar-refractivity contribution < 1.29 is 17.9 Å². The number of benzene rings is 2. The summed E-state index contributed by atoms with van der Waals surface area (Å²) in [4.78, 5) is 15.7. The van der Waals surface area contributed by atoms with E-state index in [2.05, 4.69) is 0 Å². The fraction of sp³-hybridized carbons (Fsp3) is 0.350. The minimum absolute atomic E-state index is 0.149. The summed E-state index contributed by atoms with van der Waals surface area (Å²) < 4.78 is 32.0. The van der Waals surface area contributed by atoms with Gasteiger partial charge in [0.25, 0.3) is 5.91 Å². The molecule has 28 heavy (non-hydrogen) atoms. The van der Waals surface area contributed by atoms with E-state index in [9.17, 15) is 13.2 Å². The summed E-state index contributed by atoms with van der Waals surface area (Å²) in [6.45, 7) is 1.99. The Morgan fingerprint density at radius 1 is 1.07 bits per heavy atom. The Morgan fingerprint density at radius 3 is 2.25 bits per heavy atom. The molecule has 2 aromatic rings. The molecule has 1 amide bonds. The van der Waals surface area contributed by atoms with E-state index in [1.54, 1.807) is 35.8 Å². The SMILES string of the molecule is CSc1ccc(CN(C)C(=O)c2ccc(S(=O)(=O)N3CCOCC3)cc2)cc1. The lowest BCUT2D eigenvalue weighted by Gasteiger charge is -2.26. The second-order valence-corrected chi connectivity index (χ2v) is 9.37. The number of thioether (sulfide) groups is 1. The Labute approximate surface area is 170 Å². The van der Waals surface area contributed by atoms with Crippen molar-refractivity contribution >= 4 is 27.7 Å². The van der Waals surface area contributed by atoms with Gasteiger partial charge in [-0.3, -0.25) is 4.79 Å². The third-order valence-corrected chi connectivity index (χ3v) is 7.29. The van der Waals surface area contributed by atoms with Crippen LogP contribution in [0.1, 0.15) is 15.9 Å². The van der Waals surface area contributed by atoms with Crippen molar-refractivity contribution in [3.05, 3.63) is 59.7 Å². The van der Waals surface area contributed by atoms with Gasteiger partial charge in [0.1, 0.15) is 0 Å². The van der Waals surface area contributed by atoms with Crippen LogP contribution in [0.2, 0.25) is 0 Å². The topological polar surface area (TPSA) is 66.9 Å². The van der Waals surface area contributed by atoms with Crippen molar-refractivity contribution in [1.29, 1.82) is 0 Å². The molecule has 2 aromatic carbocycles. The minimum Gasteiger partial charge on any atom is -0.379 e. The Morgan fingerprint density at radius 2 is 1.68 bits per heavy atom. The zero-order chi connectivity index (χ0) is 20.1. The van der Waals surface area contributed by atoms with E-state index in [0.29, 0.717) is 38.4 Å². The van der Waals surface area contributed by atoms with E-state index in [-0.39, 0.29) is 10.8 Å². The van der Waals surface area contributed by atoms with Crippen molar-refractivity contribution in [2.45, 2.75) is 16.3 Å². The molecule has 0 unspecified atom stereocenters. The lowest BCUT2D eigenvalue weighted by Crippen LogP contribution is -2.40. The van der Waals surface area contributed by atoms with Gasteiger partial charge in [-0.05, 0) is 48.2 Å². The molecule has 0 bridgehead atoms. The standard InChI is InChI=1S/C20H24N2O4S2/c1-21(15-16-3-7-18(27-2)8-4-16)20(23)17-5-9-19(10-6-17)28(24,25)22-11-13-26-14-12-22/h3-10H,11-15H2,1-2H3. The van der Waals surface area contributed by atoms with E-state index in [1.165, 1.54) is 21.3 Å². The van der Waals surface area contributed by atoms with E-state index >= 15 is 0 Å². The Hall–Kier alpha value is -1.87. The zero-order valence-electron chi connectivity index (χ0n) is 16.0. The van der Waals surface area contributed by atoms with E-state index in [1.807, 2.05) is 30.5 Å². The molecular weight excluding hydrogens is 396 g/mol. The third kappa shape index (κ3) is 4.75. The van der Waals surface area contributed by atoms with Crippen molar-refractivity contribution in [1.82, 2.24) is 9.21 Å². The van der Waals surface area contributed by atoms with Gasteiger partial charge in [-0.15, -0.1) is 11.8 Å². The second-order valence-electron chi connectivity index (χ2n) is 6.55. The molecule has 1 aliphatic heterocycles. The highest BCUT2D eigenvalue weighted by Gasteiger charge is 2.26. The maximum Gasteiger partial charge on any atom is 0.253 e. The van der Waals surface area contributed by atoms with Crippen LogP contribution in [0.15, 0.2) is 58.3 Å². The molecule has 0 atom stereocenters. The molecule has 0 spiro atoms. The van der Waals surface area contributed by atoms with Crippen LogP contribution in [0.3, 0.4) is 0 Å². The van der Waals surface area contributed by atoms with Crippen LogP contribution in [-0.4, -0.2) is 63.1 Å². The summed E-state index contributed by atoms with van der Waals surface area (Å²) in [5, 5.41) is 0. The summed E-state index contributed by atoms with van der Waals surface area (Å²) in [5.74, 6) is -0.149. The van der Waals surface area contributed by atoms with Gasteiger partial charge in [0, 0.05) is 37.1 Å². The average molecular weight is 421 g/mol. The first-order chi connectivity index (χ1) is 13.4. The maximum atomic E-state index is 12.7. The number of ether oxygens (including phenoxy) is 1. The number of hydrogen-bond donors (Lipinski definition) is 0. The third-order valence-electron chi connectivity index (χ3n) is 4.63. The van der Waals surface area contributed by atoms with Crippen LogP contribution in [0.25, 0.3) is 0 Å². The summed E-state index contributed by atoms with van der Waals surface area (Å²) >= 11 is 1.67. The van der Waals surface area contributed by atoms with Gasteiger partial charge in [0.2, 0.25) is 10.0 Å². The first-order valence-corrected chi connectivity index (χ1v) is 11.6. The molecule has 8 heteroatoms. The molecule has 0 saturated carbocycles. The smallest absolute Gasteiger partial charge is 0.253 e. The van der Waals surface area contributed by atoms with Gasteiger partial charge in [-0.2, -0.15) is 4.31 Å². The van der Waals surface area contributed by atoms with Crippen molar-refractivity contribution in [2.24, 2.45) is 0 Å². The highest BCUT2D eigenvalue weighted by molar-refractivity contribution is 7.98. The quantitative estimate of drug-likeness (QED) is 0.672. The first-order valence-electron chi connectivity index (χ1n) is 8.98. The number of sulfonamides is 1. The number of carbonyl (C=O) groups is 1. The van der Waals surface area contributed by atoms with Crippen LogP contribution in [0, 0.1) is 0 Å². The van der Waals surface area contributed by atoms with Crippen LogP contribution < -0.4 is 0 Å². The van der Waals surface area contributed by atoms with Gasteiger partial charge < -0.3 is 9.64 Å². The molecule has 0 N–H and O–H groups in total. The molecule has 3 rings (SSSR count). The summed E-state index contributed by atoms with van der Waals surface area (Å²) in [5.41, 5.74) is 1.50. The lowest BCUT2D eigenvalue weighted by atomic mass is 10.1. The van der Waals surface area contributed by atoms with Crippen LogP contribution in [-0.2, 0) is 21.3 Å². The first kappa shape index (κ1) is 20.9. The van der Waals surface area contributed by atoms with Crippen molar-refractivity contribution in [2.75, 3.05) is 39.6 Å². The Balaban J connectivity index is 1.68. The second kappa shape index (κ2) is 9.09. The van der Waals surface area contributed by atoms with Gasteiger partial charge >= 0.3 is 0 Å². The monoisotopic (exact) mass is 420 g/mol. The van der Waals surface area contributed by atoms with Crippen LogP contribution >= 0.6 is 11.8 Å². The Bertz CT molecular complexity index is 906. The number of amides is 1. The van der Waals surface area contributed by atoms with E-state index in [4.69, 9.17) is 4.74 Å². The molecule has 6 nitrogen and oxygen atoms in total. The number of nitrogens with zero attached hydrogens (tertiary/aromatic N) is 2. The molecule has 0 aliphatic carbocycles. The lowest BCUT2D eigenvalue weighted by molar-refractivity contribution is 0.0730. The minimum atomic E-state index is -3.55. The largest absolute Gasteiger partial charge is 0.379 e. The highest BCUT2D eigenvalue weighted by Crippen LogP contribution is 2.19. The Kier molecular flexibility index (Phi) is 6.77. The van der Waals surface area contributed by atoms with E-state index in [0.717, 1.165) is 5.56 Å².